The summed E-state index contributed by atoms with van der Waals surface area (Å²) in [7, 11) is 0. The topological polar surface area (TPSA) is 161 Å². The Bertz CT molecular complexity index is 1890. The first-order valence-corrected chi connectivity index (χ1v) is 13.7. The van der Waals surface area contributed by atoms with E-state index in [9.17, 15) is 4.79 Å². The third kappa shape index (κ3) is 6.02. The molecule has 0 aliphatic carbocycles. The molecule has 2 aromatic heterocycles. The summed E-state index contributed by atoms with van der Waals surface area (Å²) in [5.74, 6) is 0.101. The number of aromatic amines is 1. The van der Waals surface area contributed by atoms with Crippen molar-refractivity contribution in [3.05, 3.63) is 108 Å². The number of nitrogens with one attached hydrogen (secondary N) is 1. The third-order valence-electron chi connectivity index (χ3n) is 6.85. The van der Waals surface area contributed by atoms with E-state index in [1.54, 1.807) is 36.4 Å². The molecule has 0 aliphatic heterocycles. The molecule has 2 heterocycles. The first kappa shape index (κ1) is 28.6. The second-order valence-electron chi connectivity index (χ2n) is 9.59. The number of esters is 1. The van der Waals surface area contributed by atoms with Gasteiger partial charge in [0.2, 0.25) is 5.82 Å². The second kappa shape index (κ2) is 12.8. The number of nitrogens with zero attached hydrogens (tertiary/aromatic N) is 6. The number of H-pyrrole nitrogens is 1. The molecule has 4 aromatic carbocycles. The van der Waals surface area contributed by atoms with E-state index >= 15 is 0 Å². The van der Waals surface area contributed by atoms with Crippen molar-refractivity contribution in [2.45, 2.75) is 20.1 Å². The molecule has 0 aliphatic rings. The first-order valence-electron chi connectivity index (χ1n) is 13.7. The molecule has 0 saturated carbocycles. The molecule has 222 valence electrons. The van der Waals surface area contributed by atoms with Crippen LogP contribution in [0, 0.1) is 0 Å². The largest absolute Gasteiger partial charge is 0.465 e. The first-order chi connectivity index (χ1) is 21.5. The molecular weight excluding hydrogens is 566 g/mol. The molecule has 0 bridgehead atoms. The Balaban J connectivity index is 1.32. The van der Waals surface area contributed by atoms with Gasteiger partial charge in [0.1, 0.15) is 12.4 Å². The molecule has 0 radical (unpaired) electrons. The van der Waals surface area contributed by atoms with Gasteiger partial charge in [-0.1, -0.05) is 72.8 Å². The van der Waals surface area contributed by atoms with Crippen LogP contribution in [0.2, 0.25) is 0 Å². The van der Waals surface area contributed by atoms with E-state index in [0.717, 1.165) is 22.3 Å². The Morgan fingerprint density at radius 3 is 2.45 bits per heavy atom. The molecular formula is C31H27N7O6. The molecule has 6 rings (SSSR count). The average molecular weight is 594 g/mol. The van der Waals surface area contributed by atoms with Crippen LogP contribution in [-0.2, 0) is 18.0 Å². The standard InChI is InChI=1S/C31H27N7O6/c1-2-42-31-32-26-12-7-11-25(30(39)44-27-13-6-3-8-22(27)19-43-38(40)41)28(26)37(31)18-20-14-16-21(17-15-20)23-9-4-5-10-24(23)29-33-35-36-34-29/h3-17,40-41H,2,18-19H2,1H3,(H,33,34,35,36). The molecule has 3 N–H and O–H groups in total. The number of carbonyl (C=O) groups excluding carboxylic acids is 1. The number of tetrazole rings is 1. The van der Waals surface area contributed by atoms with Crippen molar-refractivity contribution < 1.29 is 29.5 Å². The smallest absolute Gasteiger partial charge is 0.345 e. The number of carbonyl (C=O) groups is 1. The van der Waals surface area contributed by atoms with E-state index in [4.69, 9.17) is 24.7 Å². The molecule has 0 spiro atoms. The zero-order valence-corrected chi connectivity index (χ0v) is 23.5. The van der Waals surface area contributed by atoms with E-state index in [1.807, 2.05) is 66.1 Å². The minimum atomic E-state index is -0.620. The summed E-state index contributed by atoms with van der Waals surface area (Å²) in [5, 5.41) is 31.9. The molecule has 0 unspecified atom stereocenters. The van der Waals surface area contributed by atoms with Gasteiger partial charge in [-0.25, -0.2) is 9.63 Å². The Labute approximate surface area is 250 Å². The maximum absolute atomic E-state index is 13.6. The predicted octanol–water partition coefficient (Wildman–Crippen LogP) is 5.06. The number of rotatable bonds is 11. The number of benzene rings is 4. The third-order valence-corrected chi connectivity index (χ3v) is 6.85. The van der Waals surface area contributed by atoms with Crippen LogP contribution < -0.4 is 9.47 Å². The highest BCUT2D eigenvalue weighted by Crippen LogP contribution is 2.31. The van der Waals surface area contributed by atoms with Gasteiger partial charge in [-0.05, 0) is 47.0 Å². The van der Waals surface area contributed by atoms with Crippen LogP contribution in [-0.4, -0.2) is 58.6 Å². The number of para-hydroxylation sites is 2. The number of aromatic nitrogens is 6. The summed E-state index contributed by atoms with van der Waals surface area (Å²) >= 11 is 0. The fraction of sp³-hybridized carbons (Fsp3) is 0.129. The van der Waals surface area contributed by atoms with E-state index in [2.05, 4.69) is 25.6 Å². The quantitative estimate of drug-likeness (QED) is 0.105. The van der Waals surface area contributed by atoms with Crippen LogP contribution in [0.15, 0.2) is 91.0 Å². The van der Waals surface area contributed by atoms with E-state index in [1.165, 1.54) is 0 Å². The lowest BCUT2D eigenvalue weighted by molar-refractivity contribution is -0.497. The van der Waals surface area contributed by atoms with Gasteiger partial charge in [0.05, 0.1) is 35.1 Å². The fourth-order valence-electron chi connectivity index (χ4n) is 4.90. The highest BCUT2D eigenvalue weighted by molar-refractivity contribution is 6.03. The molecule has 6 aromatic rings. The number of fused-ring (bicyclic) bond motifs is 1. The van der Waals surface area contributed by atoms with Crippen LogP contribution in [0.4, 0.5) is 0 Å². The highest BCUT2D eigenvalue weighted by atomic mass is 17.1. The lowest BCUT2D eigenvalue weighted by Gasteiger charge is -2.14. The summed E-state index contributed by atoms with van der Waals surface area (Å²) in [6, 6.07) is 28.1. The molecule has 0 saturated heterocycles. The summed E-state index contributed by atoms with van der Waals surface area (Å²) < 4.78 is 13.5. The SMILES string of the molecule is CCOc1nc2cccc(C(=O)Oc3ccccc3CON(O)O)c2n1Cc1ccc(-c2ccccc2-c2nn[nH]n2)cc1. The summed E-state index contributed by atoms with van der Waals surface area (Å²) in [5.41, 5.74) is 5.60. The van der Waals surface area contributed by atoms with Gasteiger partial charge in [0.25, 0.3) is 6.01 Å². The summed E-state index contributed by atoms with van der Waals surface area (Å²) in [6.07, 6.45) is 0. The molecule has 13 heteroatoms. The zero-order chi connectivity index (χ0) is 30.5. The summed E-state index contributed by atoms with van der Waals surface area (Å²) in [6.45, 7) is 2.39. The lowest BCUT2D eigenvalue weighted by Crippen LogP contribution is -2.16. The van der Waals surface area contributed by atoms with Crippen molar-refractivity contribution in [3.63, 3.8) is 0 Å². The lowest BCUT2D eigenvalue weighted by atomic mass is 9.98. The van der Waals surface area contributed by atoms with Crippen molar-refractivity contribution in [2.75, 3.05) is 6.61 Å². The van der Waals surface area contributed by atoms with Crippen LogP contribution in [0.3, 0.4) is 0 Å². The van der Waals surface area contributed by atoms with Gasteiger partial charge in [-0.15, -0.1) is 10.2 Å². The Hall–Kier alpha value is -5.47. The monoisotopic (exact) mass is 593 g/mol. The van der Waals surface area contributed by atoms with E-state index in [-0.39, 0.29) is 17.9 Å². The van der Waals surface area contributed by atoms with E-state index < -0.39 is 11.4 Å². The zero-order valence-electron chi connectivity index (χ0n) is 23.5. The molecule has 0 amide bonds. The van der Waals surface area contributed by atoms with Crippen molar-refractivity contribution in [3.8, 4) is 34.3 Å². The molecule has 0 atom stereocenters. The predicted molar refractivity (Wildman–Crippen MR) is 157 cm³/mol. The van der Waals surface area contributed by atoms with Gasteiger partial charge < -0.3 is 9.47 Å². The average Bonchev–Trinajstić information content (AvgIpc) is 3.70. The van der Waals surface area contributed by atoms with Crippen molar-refractivity contribution in [1.82, 2.24) is 35.6 Å². The minimum Gasteiger partial charge on any atom is -0.465 e. The van der Waals surface area contributed by atoms with Crippen LogP contribution in [0.1, 0.15) is 28.4 Å². The Morgan fingerprint density at radius 1 is 0.932 bits per heavy atom. The maximum Gasteiger partial charge on any atom is 0.345 e. The van der Waals surface area contributed by atoms with Crippen molar-refractivity contribution >= 4 is 17.0 Å². The van der Waals surface area contributed by atoms with Crippen LogP contribution in [0.5, 0.6) is 11.8 Å². The number of imidazole rings is 1. The van der Waals surface area contributed by atoms with Gasteiger partial charge in [0.15, 0.2) is 0 Å². The minimum absolute atomic E-state index is 0.212. The second-order valence-corrected chi connectivity index (χ2v) is 9.59. The van der Waals surface area contributed by atoms with Gasteiger partial charge >= 0.3 is 5.97 Å². The molecule has 0 fully saturated rings. The van der Waals surface area contributed by atoms with Gasteiger partial charge in [-0.3, -0.25) is 15.0 Å². The summed E-state index contributed by atoms with van der Waals surface area (Å²) in [4.78, 5) is 22.9. The van der Waals surface area contributed by atoms with Gasteiger partial charge in [-0.2, -0.15) is 10.2 Å². The maximum atomic E-state index is 13.6. The van der Waals surface area contributed by atoms with E-state index in [0.29, 0.717) is 41.6 Å². The van der Waals surface area contributed by atoms with Crippen LogP contribution >= 0.6 is 0 Å². The molecule has 44 heavy (non-hydrogen) atoms. The van der Waals surface area contributed by atoms with Gasteiger partial charge in [0, 0.05) is 11.1 Å². The van der Waals surface area contributed by atoms with Crippen molar-refractivity contribution in [1.29, 1.82) is 0 Å². The normalized spacial score (nSPS) is 11.3. The molecule has 13 nitrogen and oxygen atoms in total. The van der Waals surface area contributed by atoms with Crippen LogP contribution in [0.25, 0.3) is 33.5 Å². The Kier molecular flexibility index (Phi) is 8.34. The highest BCUT2D eigenvalue weighted by Gasteiger charge is 2.22. The van der Waals surface area contributed by atoms with Crippen molar-refractivity contribution in [2.24, 2.45) is 0 Å². The fourth-order valence-corrected chi connectivity index (χ4v) is 4.90. The number of hydrogen-bond acceptors (Lipinski definition) is 11. The Morgan fingerprint density at radius 2 is 1.70 bits per heavy atom. The number of ether oxygens (including phenoxy) is 2. The number of hydrogen-bond donors (Lipinski definition) is 3.